The van der Waals surface area contributed by atoms with Crippen molar-refractivity contribution in [3.05, 3.63) is 35.6 Å². The molecule has 0 radical (unpaired) electrons. The van der Waals surface area contributed by atoms with Gasteiger partial charge in [-0.25, -0.2) is 4.39 Å². The highest BCUT2D eigenvalue weighted by molar-refractivity contribution is 5.18. The van der Waals surface area contributed by atoms with Gasteiger partial charge >= 0.3 is 0 Å². The first-order chi connectivity index (χ1) is 9.47. The standard InChI is InChI=1S/C16H25FN2O/c1-11-10-19(3)12(2)8-15(11)18-9-16(20)13-4-6-14(17)7-5-13/h4-7,11-12,15-16,18,20H,8-10H2,1-3H3. The van der Waals surface area contributed by atoms with Crippen molar-refractivity contribution >= 4 is 0 Å². The molecule has 4 unspecified atom stereocenters. The van der Waals surface area contributed by atoms with E-state index in [0.29, 0.717) is 24.5 Å². The van der Waals surface area contributed by atoms with Gasteiger partial charge in [0.1, 0.15) is 5.82 Å². The van der Waals surface area contributed by atoms with Crippen molar-refractivity contribution in [1.29, 1.82) is 0 Å². The SMILES string of the molecule is CC1CN(C)C(C)CC1NCC(O)c1ccc(F)cc1. The second-order valence-electron chi connectivity index (χ2n) is 6.08. The highest BCUT2D eigenvalue weighted by Crippen LogP contribution is 2.21. The van der Waals surface area contributed by atoms with Crippen molar-refractivity contribution in [2.75, 3.05) is 20.1 Å². The number of nitrogens with zero attached hydrogens (tertiary/aromatic N) is 1. The zero-order chi connectivity index (χ0) is 14.7. The van der Waals surface area contributed by atoms with E-state index in [4.69, 9.17) is 0 Å². The highest BCUT2D eigenvalue weighted by atomic mass is 19.1. The van der Waals surface area contributed by atoms with E-state index in [2.05, 4.69) is 31.1 Å². The number of halogens is 1. The minimum Gasteiger partial charge on any atom is -0.387 e. The van der Waals surface area contributed by atoms with Crippen molar-refractivity contribution in [1.82, 2.24) is 10.2 Å². The molecule has 1 aromatic carbocycles. The van der Waals surface area contributed by atoms with Crippen molar-refractivity contribution in [2.24, 2.45) is 5.92 Å². The van der Waals surface area contributed by atoms with Crippen molar-refractivity contribution < 1.29 is 9.50 Å². The number of aliphatic hydroxyl groups excluding tert-OH is 1. The highest BCUT2D eigenvalue weighted by Gasteiger charge is 2.28. The fraction of sp³-hybridized carbons (Fsp3) is 0.625. The van der Waals surface area contributed by atoms with E-state index >= 15 is 0 Å². The second kappa shape index (κ2) is 6.66. The summed E-state index contributed by atoms with van der Waals surface area (Å²) in [5.74, 6) is 0.295. The Bertz CT molecular complexity index is 423. The lowest BCUT2D eigenvalue weighted by Gasteiger charge is -2.40. The lowest BCUT2D eigenvalue weighted by atomic mass is 9.89. The number of hydrogen-bond acceptors (Lipinski definition) is 3. The maximum absolute atomic E-state index is 12.9. The van der Waals surface area contributed by atoms with E-state index in [1.807, 2.05) is 0 Å². The van der Waals surface area contributed by atoms with Gasteiger partial charge < -0.3 is 15.3 Å². The van der Waals surface area contributed by atoms with Gasteiger partial charge in [-0.1, -0.05) is 19.1 Å². The summed E-state index contributed by atoms with van der Waals surface area (Å²) in [6.45, 7) is 6.06. The third kappa shape index (κ3) is 3.78. The second-order valence-corrected chi connectivity index (χ2v) is 6.08. The molecule has 1 aliphatic rings. The Labute approximate surface area is 120 Å². The van der Waals surface area contributed by atoms with Gasteiger partial charge in [0.15, 0.2) is 0 Å². The Balaban J connectivity index is 1.86. The molecule has 0 spiro atoms. The monoisotopic (exact) mass is 280 g/mol. The van der Waals surface area contributed by atoms with Gasteiger partial charge in [-0.3, -0.25) is 0 Å². The predicted octanol–water partition coefficient (Wildman–Crippen LogP) is 2.18. The predicted molar refractivity (Wildman–Crippen MR) is 79.0 cm³/mol. The number of piperidine rings is 1. The third-order valence-corrected chi connectivity index (χ3v) is 4.44. The molecule has 4 heteroatoms. The molecular formula is C16H25FN2O. The fourth-order valence-corrected chi connectivity index (χ4v) is 2.89. The molecule has 1 aliphatic heterocycles. The van der Waals surface area contributed by atoms with Crippen LogP contribution in [-0.4, -0.2) is 42.2 Å². The van der Waals surface area contributed by atoms with Crippen LogP contribution in [0.1, 0.15) is 31.9 Å². The van der Waals surface area contributed by atoms with Crippen molar-refractivity contribution in [2.45, 2.75) is 38.5 Å². The van der Waals surface area contributed by atoms with Gasteiger partial charge in [0.25, 0.3) is 0 Å². The van der Waals surface area contributed by atoms with Crippen LogP contribution in [0.5, 0.6) is 0 Å². The Morgan fingerprint density at radius 3 is 2.65 bits per heavy atom. The molecule has 4 atom stereocenters. The molecule has 20 heavy (non-hydrogen) atoms. The summed E-state index contributed by atoms with van der Waals surface area (Å²) in [6.07, 6.45) is 0.506. The van der Waals surface area contributed by atoms with E-state index in [9.17, 15) is 9.50 Å². The number of aliphatic hydroxyl groups is 1. The first kappa shape index (κ1) is 15.4. The molecule has 3 nitrogen and oxygen atoms in total. The molecule has 0 saturated carbocycles. The van der Waals surface area contributed by atoms with Crippen LogP contribution in [0.15, 0.2) is 24.3 Å². The molecule has 0 aromatic heterocycles. The number of rotatable bonds is 4. The smallest absolute Gasteiger partial charge is 0.123 e. The van der Waals surface area contributed by atoms with E-state index < -0.39 is 6.10 Å². The van der Waals surface area contributed by atoms with Crippen molar-refractivity contribution in [3.63, 3.8) is 0 Å². The van der Waals surface area contributed by atoms with Crippen LogP contribution in [-0.2, 0) is 0 Å². The van der Waals surface area contributed by atoms with Gasteiger partial charge in [0.2, 0.25) is 0 Å². The Morgan fingerprint density at radius 1 is 1.35 bits per heavy atom. The molecule has 112 valence electrons. The van der Waals surface area contributed by atoms with Crippen LogP contribution in [0.25, 0.3) is 0 Å². The molecule has 0 amide bonds. The van der Waals surface area contributed by atoms with Crippen LogP contribution < -0.4 is 5.32 Å². The third-order valence-electron chi connectivity index (χ3n) is 4.44. The van der Waals surface area contributed by atoms with Gasteiger partial charge in [-0.05, 0) is 44.0 Å². The minimum absolute atomic E-state index is 0.272. The van der Waals surface area contributed by atoms with Gasteiger partial charge in [-0.15, -0.1) is 0 Å². The average Bonchev–Trinajstić information content (AvgIpc) is 2.42. The summed E-state index contributed by atoms with van der Waals surface area (Å²) < 4.78 is 12.9. The van der Waals surface area contributed by atoms with Gasteiger partial charge in [0, 0.05) is 25.2 Å². The fourth-order valence-electron chi connectivity index (χ4n) is 2.89. The Morgan fingerprint density at radius 2 is 2.00 bits per heavy atom. The summed E-state index contributed by atoms with van der Waals surface area (Å²) in [4.78, 5) is 2.37. The lowest BCUT2D eigenvalue weighted by Crippen LogP contribution is -2.51. The zero-order valence-electron chi connectivity index (χ0n) is 12.5. The average molecular weight is 280 g/mol. The molecule has 2 N–H and O–H groups in total. The van der Waals surface area contributed by atoms with E-state index in [0.717, 1.165) is 18.5 Å². The largest absolute Gasteiger partial charge is 0.387 e. The maximum Gasteiger partial charge on any atom is 0.123 e. The molecule has 2 rings (SSSR count). The quantitative estimate of drug-likeness (QED) is 0.887. The first-order valence-corrected chi connectivity index (χ1v) is 7.34. The molecule has 1 heterocycles. The Hall–Kier alpha value is -0.970. The molecule has 1 fully saturated rings. The van der Waals surface area contributed by atoms with Crippen molar-refractivity contribution in [3.8, 4) is 0 Å². The van der Waals surface area contributed by atoms with E-state index in [1.54, 1.807) is 12.1 Å². The number of benzene rings is 1. The molecule has 0 aliphatic carbocycles. The number of nitrogens with one attached hydrogen (secondary N) is 1. The van der Waals surface area contributed by atoms with Gasteiger partial charge in [-0.2, -0.15) is 0 Å². The summed E-state index contributed by atoms with van der Waals surface area (Å²) in [5.41, 5.74) is 0.757. The molecule has 0 bridgehead atoms. The minimum atomic E-state index is -0.585. The topological polar surface area (TPSA) is 35.5 Å². The van der Waals surface area contributed by atoms with Crippen LogP contribution in [0.4, 0.5) is 4.39 Å². The summed E-state index contributed by atoms with van der Waals surface area (Å²) in [5, 5.41) is 13.6. The van der Waals surface area contributed by atoms with Crippen LogP contribution in [0, 0.1) is 11.7 Å². The number of hydrogen-bond donors (Lipinski definition) is 2. The van der Waals surface area contributed by atoms with Crippen LogP contribution >= 0.6 is 0 Å². The first-order valence-electron chi connectivity index (χ1n) is 7.34. The van der Waals surface area contributed by atoms with Crippen LogP contribution in [0.3, 0.4) is 0 Å². The lowest BCUT2D eigenvalue weighted by molar-refractivity contribution is 0.106. The maximum atomic E-state index is 12.9. The molecule has 1 saturated heterocycles. The molecular weight excluding hydrogens is 255 g/mol. The van der Waals surface area contributed by atoms with Gasteiger partial charge in [0.05, 0.1) is 6.10 Å². The summed E-state index contributed by atoms with van der Waals surface area (Å²) in [6, 6.07) is 7.05. The zero-order valence-corrected chi connectivity index (χ0v) is 12.5. The Kier molecular flexibility index (Phi) is 5.13. The van der Waals surface area contributed by atoms with E-state index in [1.165, 1.54) is 12.1 Å². The van der Waals surface area contributed by atoms with E-state index in [-0.39, 0.29) is 5.82 Å². The normalized spacial score (nSPS) is 29.4. The number of likely N-dealkylation sites (tertiary alicyclic amines) is 1. The summed E-state index contributed by atoms with van der Waals surface area (Å²) in [7, 11) is 2.16. The van der Waals surface area contributed by atoms with Crippen LogP contribution in [0.2, 0.25) is 0 Å². The molecule has 1 aromatic rings. The summed E-state index contributed by atoms with van der Waals surface area (Å²) >= 11 is 0.